The van der Waals surface area contributed by atoms with E-state index in [1.807, 2.05) is 19.9 Å². The molecule has 2 nitrogen and oxygen atoms in total. The molecule has 0 aliphatic carbocycles. The van der Waals surface area contributed by atoms with Crippen LogP contribution in [0.4, 0.5) is 4.39 Å². The van der Waals surface area contributed by atoms with E-state index in [0.29, 0.717) is 17.7 Å². The molecule has 0 atom stereocenters. The van der Waals surface area contributed by atoms with E-state index in [1.54, 1.807) is 19.1 Å². The van der Waals surface area contributed by atoms with Gasteiger partial charge in [0, 0.05) is 0 Å². The normalized spacial score (nSPS) is 13.0. The summed E-state index contributed by atoms with van der Waals surface area (Å²) in [6, 6.07) is 4.91. The summed E-state index contributed by atoms with van der Waals surface area (Å²) in [4.78, 5) is 0. The topological polar surface area (TPSA) is 32.6 Å². The van der Waals surface area contributed by atoms with E-state index in [2.05, 4.69) is 5.16 Å². The number of hydrogen-bond acceptors (Lipinski definition) is 2. The second kappa shape index (κ2) is 5.45. The standard InChI is InChI=1S/C13H16FNO/c1-4-13(15-16)10(3)8-11-5-6-12(14)9(2)7-11/h5-8,16H,4H2,1-3H3/b10-8+,15-13?. The third kappa shape index (κ3) is 2.92. The minimum Gasteiger partial charge on any atom is -0.411 e. The van der Waals surface area contributed by atoms with Gasteiger partial charge in [-0.1, -0.05) is 24.2 Å². The molecule has 0 unspecified atom stereocenters. The maximum Gasteiger partial charge on any atom is 0.126 e. The highest BCUT2D eigenvalue weighted by Gasteiger charge is 2.01. The lowest BCUT2D eigenvalue weighted by Gasteiger charge is -2.03. The van der Waals surface area contributed by atoms with Gasteiger partial charge in [0.15, 0.2) is 0 Å². The van der Waals surface area contributed by atoms with Crippen LogP contribution >= 0.6 is 0 Å². The molecule has 1 aromatic carbocycles. The summed E-state index contributed by atoms with van der Waals surface area (Å²) in [5.74, 6) is -0.207. The van der Waals surface area contributed by atoms with Crippen LogP contribution in [0.3, 0.4) is 0 Å². The van der Waals surface area contributed by atoms with Crippen molar-refractivity contribution in [3.8, 4) is 0 Å². The summed E-state index contributed by atoms with van der Waals surface area (Å²) in [5.41, 5.74) is 3.05. The van der Waals surface area contributed by atoms with Crippen LogP contribution in [-0.2, 0) is 0 Å². The third-order valence-electron chi connectivity index (χ3n) is 2.48. The Bertz CT molecular complexity index is 436. The maximum absolute atomic E-state index is 13.0. The highest BCUT2D eigenvalue weighted by atomic mass is 19.1. The number of oxime groups is 1. The molecule has 0 aliphatic heterocycles. The molecule has 1 aromatic rings. The molecule has 0 aliphatic rings. The molecule has 0 saturated heterocycles. The first-order chi connectivity index (χ1) is 7.58. The van der Waals surface area contributed by atoms with Crippen molar-refractivity contribution in [3.63, 3.8) is 0 Å². The summed E-state index contributed by atoms with van der Waals surface area (Å²) in [6.07, 6.45) is 2.55. The first kappa shape index (κ1) is 12.4. The Labute approximate surface area is 95.1 Å². The van der Waals surface area contributed by atoms with Crippen molar-refractivity contribution in [2.24, 2.45) is 5.16 Å². The van der Waals surface area contributed by atoms with Crippen LogP contribution in [0, 0.1) is 12.7 Å². The Morgan fingerprint density at radius 2 is 2.19 bits per heavy atom. The van der Waals surface area contributed by atoms with Crippen LogP contribution in [-0.4, -0.2) is 10.9 Å². The molecular formula is C13H16FNO. The summed E-state index contributed by atoms with van der Waals surface area (Å²) >= 11 is 0. The Morgan fingerprint density at radius 3 is 2.69 bits per heavy atom. The van der Waals surface area contributed by atoms with E-state index in [4.69, 9.17) is 5.21 Å². The lowest BCUT2D eigenvalue weighted by molar-refractivity contribution is 0.318. The fraction of sp³-hybridized carbons (Fsp3) is 0.308. The Morgan fingerprint density at radius 1 is 1.50 bits per heavy atom. The van der Waals surface area contributed by atoms with Crippen molar-refractivity contribution in [1.29, 1.82) is 0 Å². The third-order valence-corrected chi connectivity index (χ3v) is 2.48. The van der Waals surface area contributed by atoms with Crippen LogP contribution in [0.2, 0.25) is 0 Å². The average molecular weight is 221 g/mol. The van der Waals surface area contributed by atoms with Crippen molar-refractivity contribution in [2.75, 3.05) is 0 Å². The zero-order valence-corrected chi connectivity index (χ0v) is 9.79. The molecule has 0 bridgehead atoms. The fourth-order valence-corrected chi connectivity index (χ4v) is 1.52. The van der Waals surface area contributed by atoms with E-state index >= 15 is 0 Å². The molecule has 3 heteroatoms. The molecule has 0 spiro atoms. The van der Waals surface area contributed by atoms with Crippen molar-refractivity contribution < 1.29 is 9.60 Å². The SMILES string of the molecule is CCC(=NO)/C(C)=C/c1ccc(F)c(C)c1. The summed E-state index contributed by atoms with van der Waals surface area (Å²) in [5, 5.41) is 12.0. The van der Waals surface area contributed by atoms with Gasteiger partial charge in [-0.3, -0.25) is 0 Å². The number of benzene rings is 1. The molecule has 1 N–H and O–H groups in total. The lowest BCUT2D eigenvalue weighted by Crippen LogP contribution is -1.97. The molecule has 0 aromatic heterocycles. The lowest BCUT2D eigenvalue weighted by atomic mass is 10.0. The van der Waals surface area contributed by atoms with E-state index in [9.17, 15) is 4.39 Å². The summed E-state index contributed by atoms with van der Waals surface area (Å²) in [7, 11) is 0. The molecule has 0 saturated carbocycles. The second-order valence-electron chi connectivity index (χ2n) is 3.74. The molecule has 16 heavy (non-hydrogen) atoms. The molecular weight excluding hydrogens is 205 g/mol. The highest BCUT2D eigenvalue weighted by molar-refractivity contribution is 6.02. The monoisotopic (exact) mass is 221 g/mol. The predicted molar refractivity (Wildman–Crippen MR) is 64.3 cm³/mol. The maximum atomic E-state index is 13.0. The molecule has 0 fully saturated rings. The molecule has 0 heterocycles. The van der Waals surface area contributed by atoms with Crippen molar-refractivity contribution in [2.45, 2.75) is 27.2 Å². The van der Waals surface area contributed by atoms with Crippen LogP contribution in [0.25, 0.3) is 6.08 Å². The van der Waals surface area contributed by atoms with Crippen molar-refractivity contribution in [3.05, 3.63) is 40.7 Å². The Kier molecular flexibility index (Phi) is 4.23. The van der Waals surface area contributed by atoms with Crippen molar-refractivity contribution in [1.82, 2.24) is 0 Å². The fourth-order valence-electron chi connectivity index (χ4n) is 1.52. The van der Waals surface area contributed by atoms with E-state index in [0.717, 1.165) is 11.1 Å². The van der Waals surface area contributed by atoms with Gasteiger partial charge in [0.1, 0.15) is 5.82 Å². The first-order valence-corrected chi connectivity index (χ1v) is 5.24. The van der Waals surface area contributed by atoms with E-state index in [1.165, 1.54) is 6.07 Å². The van der Waals surface area contributed by atoms with Gasteiger partial charge in [0.05, 0.1) is 5.71 Å². The van der Waals surface area contributed by atoms with E-state index in [-0.39, 0.29) is 5.82 Å². The second-order valence-corrected chi connectivity index (χ2v) is 3.74. The van der Waals surface area contributed by atoms with Crippen LogP contribution < -0.4 is 0 Å². The number of nitrogens with zero attached hydrogens (tertiary/aromatic N) is 1. The van der Waals surface area contributed by atoms with Gasteiger partial charge in [-0.2, -0.15) is 0 Å². The number of halogens is 1. The van der Waals surface area contributed by atoms with Crippen LogP contribution in [0.15, 0.2) is 28.9 Å². The average Bonchev–Trinajstić information content (AvgIpc) is 2.25. The Hall–Kier alpha value is -1.64. The Balaban J connectivity index is 3.03. The zero-order chi connectivity index (χ0) is 12.1. The highest BCUT2D eigenvalue weighted by Crippen LogP contribution is 2.13. The summed E-state index contributed by atoms with van der Waals surface area (Å²) in [6.45, 7) is 5.52. The number of aryl methyl sites for hydroxylation is 1. The minimum atomic E-state index is -0.207. The smallest absolute Gasteiger partial charge is 0.126 e. The number of rotatable bonds is 3. The van der Waals surface area contributed by atoms with Gasteiger partial charge in [0.25, 0.3) is 0 Å². The van der Waals surface area contributed by atoms with Gasteiger partial charge >= 0.3 is 0 Å². The molecule has 86 valence electrons. The van der Waals surface area contributed by atoms with E-state index < -0.39 is 0 Å². The van der Waals surface area contributed by atoms with Gasteiger partial charge in [-0.25, -0.2) is 4.39 Å². The molecule has 1 rings (SSSR count). The van der Waals surface area contributed by atoms with Gasteiger partial charge in [0.2, 0.25) is 0 Å². The molecule has 0 amide bonds. The first-order valence-electron chi connectivity index (χ1n) is 5.24. The molecule has 0 radical (unpaired) electrons. The minimum absolute atomic E-state index is 0.207. The number of hydrogen-bond donors (Lipinski definition) is 1. The van der Waals surface area contributed by atoms with Crippen LogP contribution in [0.1, 0.15) is 31.4 Å². The number of allylic oxidation sites excluding steroid dienone is 1. The quantitative estimate of drug-likeness (QED) is 0.470. The predicted octanol–water partition coefficient (Wildman–Crippen LogP) is 3.78. The van der Waals surface area contributed by atoms with Gasteiger partial charge in [-0.15, -0.1) is 0 Å². The van der Waals surface area contributed by atoms with Gasteiger partial charge < -0.3 is 5.21 Å². The zero-order valence-electron chi connectivity index (χ0n) is 9.79. The van der Waals surface area contributed by atoms with Crippen molar-refractivity contribution >= 4 is 11.8 Å². The van der Waals surface area contributed by atoms with Crippen LogP contribution in [0.5, 0.6) is 0 Å². The van der Waals surface area contributed by atoms with Gasteiger partial charge in [-0.05, 0) is 49.1 Å². The largest absolute Gasteiger partial charge is 0.411 e. The summed E-state index contributed by atoms with van der Waals surface area (Å²) < 4.78 is 13.0.